The van der Waals surface area contributed by atoms with Gasteiger partial charge in [-0.15, -0.1) is 0 Å². The van der Waals surface area contributed by atoms with Gasteiger partial charge in [0.15, 0.2) is 0 Å². The maximum absolute atomic E-state index is 5.27. The van der Waals surface area contributed by atoms with Crippen LogP contribution in [-0.4, -0.2) is 19.6 Å². The summed E-state index contributed by atoms with van der Waals surface area (Å²) in [6, 6.07) is 0. The van der Waals surface area contributed by atoms with Crippen LogP contribution < -0.4 is 16.6 Å². The normalized spacial score (nSPS) is 21.6. The summed E-state index contributed by atoms with van der Waals surface area (Å²) in [7, 11) is 1.72. The van der Waals surface area contributed by atoms with Crippen molar-refractivity contribution < 1.29 is 0 Å². The summed E-state index contributed by atoms with van der Waals surface area (Å²) in [5.41, 5.74) is 2.97. The summed E-state index contributed by atoms with van der Waals surface area (Å²) >= 11 is 0. The van der Waals surface area contributed by atoms with Crippen molar-refractivity contribution in [3.05, 3.63) is 0 Å². The summed E-state index contributed by atoms with van der Waals surface area (Å²) in [5, 5.41) is 3.22. The van der Waals surface area contributed by atoms with Gasteiger partial charge in [0.05, 0.1) is 0 Å². The second-order valence-electron chi connectivity index (χ2n) is 4.09. The average Bonchev–Trinajstić information content (AvgIpc) is 2.55. The van der Waals surface area contributed by atoms with Crippen LogP contribution in [0.15, 0.2) is 4.99 Å². The maximum Gasteiger partial charge on any atom is 0.205 e. The van der Waals surface area contributed by atoms with Crippen LogP contribution in [0, 0.1) is 5.41 Å². The molecule has 4 heteroatoms. The summed E-state index contributed by atoms with van der Waals surface area (Å²) in [5.74, 6) is 5.94. The van der Waals surface area contributed by atoms with E-state index in [0.29, 0.717) is 11.4 Å². The van der Waals surface area contributed by atoms with Crippen LogP contribution in [-0.2, 0) is 0 Å². The molecule has 76 valence electrons. The zero-order valence-electron chi connectivity index (χ0n) is 8.56. The Morgan fingerprint density at radius 3 is 2.54 bits per heavy atom. The minimum absolute atomic E-state index is 0.437. The molecule has 0 bridgehead atoms. The first-order valence-electron chi connectivity index (χ1n) is 4.87. The van der Waals surface area contributed by atoms with Crippen molar-refractivity contribution in [1.29, 1.82) is 0 Å². The number of nitrogens with two attached hydrogens (primary N) is 1. The highest BCUT2D eigenvalue weighted by molar-refractivity contribution is 5.78. The molecule has 0 radical (unpaired) electrons. The van der Waals surface area contributed by atoms with E-state index in [1.807, 2.05) is 0 Å². The Morgan fingerprint density at radius 1 is 1.46 bits per heavy atom. The molecule has 1 rings (SSSR count). The number of nitrogens with one attached hydrogen (secondary N) is 2. The van der Waals surface area contributed by atoms with Crippen LogP contribution in [0.4, 0.5) is 0 Å². The Morgan fingerprint density at radius 2 is 2.08 bits per heavy atom. The number of hydrogen-bond acceptors (Lipinski definition) is 2. The highest BCUT2D eigenvalue weighted by atomic mass is 15.3. The molecule has 4 nitrogen and oxygen atoms in total. The number of hydrogen-bond donors (Lipinski definition) is 3. The molecule has 0 aromatic heterocycles. The average molecular weight is 184 g/mol. The highest BCUT2D eigenvalue weighted by Crippen LogP contribution is 2.36. The van der Waals surface area contributed by atoms with Gasteiger partial charge >= 0.3 is 0 Å². The van der Waals surface area contributed by atoms with Gasteiger partial charge in [-0.3, -0.25) is 10.4 Å². The van der Waals surface area contributed by atoms with Gasteiger partial charge in [0, 0.05) is 13.6 Å². The van der Waals surface area contributed by atoms with Crippen LogP contribution >= 0.6 is 0 Å². The molecule has 0 aromatic rings. The largest absolute Gasteiger partial charge is 0.355 e. The fourth-order valence-corrected chi connectivity index (χ4v) is 1.90. The molecule has 0 aromatic carbocycles. The minimum atomic E-state index is 0.437. The van der Waals surface area contributed by atoms with E-state index in [4.69, 9.17) is 5.84 Å². The van der Waals surface area contributed by atoms with Gasteiger partial charge in [-0.2, -0.15) is 0 Å². The number of rotatable bonds is 2. The molecule has 0 spiro atoms. The van der Waals surface area contributed by atoms with Gasteiger partial charge in [0.2, 0.25) is 5.96 Å². The van der Waals surface area contributed by atoms with Crippen molar-refractivity contribution in [3.63, 3.8) is 0 Å². The van der Waals surface area contributed by atoms with Crippen molar-refractivity contribution in [2.24, 2.45) is 16.3 Å². The number of hydrazine groups is 1. The highest BCUT2D eigenvalue weighted by Gasteiger charge is 2.28. The summed E-state index contributed by atoms with van der Waals surface area (Å²) in [6.45, 7) is 3.28. The third kappa shape index (κ3) is 2.88. The van der Waals surface area contributed by atoms with E-state index < -0.39 is 0 Å². The fraction of sp³-hybridized carbons (Fsp3) is 0.889. The van der Waals surface area contributed by atoms with Crippen LogP contribution in [0.25, 0.3) is 0 Å². The molecule has 0 heterocycles. The summed E-state index contributed by atoms with van der Waals surface area (Å²) in [4.78, 5) is 3.97. The van der Waals surface area contributed by atoms with Crippen molar-refractivity contribution in [1.82, 2.24) is 10.7 Å². The second-order valence-corrected chi connectivity index (χ2v) is 4.09. The fourth-order valence-electron chi connectivity index (χ4n) is 1.90. The molecule has 0 atom stereocenters. The first-order chi connectivity index (χ1) is 6.20. The Kier molecular flexibility index (Phi) is 3.54. The van der Waals surface area contributed by atoms with Crippen LogP contribution in [0.5, 0.6) is 0 Å². The Bertz CT molecular complexity index is 182. The van der Waals surface area contributed by atoms with Gasteiger partial charge in [-0.05, 0) is 18.3 Å². The third-order valence-electron chi connectivity index (χ3n) is 2.85. The van der Waals surface area contributed by atoms with Gasteiger partial charge < -0.3 is 5.32 Å². The van der Waals surface area contributed by atoms with E-state index in [0.717, 1.165) is 6.54 Å². The second kappa shape index (κ2) is 4.46. The Hall–Kier alpha value is -0.770. The first-order valence-corrected chi connectivity index (χ1v) is 4.87. The lowest BCUT2D eigenvalue weighted by molar-refractivity contribution is 0.334. The summed E-state index contributed by atoms with van der Waals surface area (Å²) < 4.78 is 0. The van der Waals surface area contributed by atoms with E-state index in [2.05, 4.69) is 22.7 Å². The van der Waals surface area contributed by atoms with Gasteiger partial charge in [-0.1, -0.05) is 19.8 Å². The molecule has 0 aliphatic heterocycles. The number of aliphatic imine (C=N–C) groups is 1. The Labute approximate surface area is 80.0 Å². The standard InChI is InChI=1S/C9H20N4/c1-9(5-3-4-6-9)7-12-8(11-2)13-10/h3-7,10H2,1-2H3,(H2,11,12,13). The van der Waals surface area contributed by atoms with Crippen molar-refractivity contribution in [2.75, 3.05) is 13.6 Å². The topological polar surface area (TPSA) is 62.4 Å². The van der Waals surface area contributed by atoms with Gasteiger partial charge in [0.1, 0.15) is 0 Å². The lowest BCUT2D eigenvalue weighted by Crippen LogP contribution is -2.45. The molecule has 0 unspecified atom stereocenters. The molecule has 0 amide bonds. The smallest absolute Gasteiger partial charge is 0.205 e. The quantitative estimate of drug-likeness (QED) is 0.255. The van der Waals surface area contributed by atoms with E-state index in [1.54, 1.807) is 7.05 Å². The number of nitrogens with zero attached hydrogens (tertiary/aromatic N) is 1. The van der Waals surface area contributed by atoms with Crippen molar-refractivity contribution in [2.45, 2.75) is 32.6 Å². The lowest BCUT2D eigenvalue weighted by atomic mass is 9.89. The molecule has 1 aliphatic rings. The molecule has 13 heavy (non-hydrogen) atoms. The number of guanidine groups is 1. The van der Waals surface area contributed by atoms with Crippen LogP contribution in [0.3, 0.4) is 0 Å². The molecule has 1 saturated carbocycles. The predicted octanol–water partition coefficient (Wildman–Crippen LogP) is 0.605. The Balaban J connectivity index is 2.32. The van der Waals surface area contributed by atoms with Crippen molar-refractivity contribution in [3.8, 4) is 0 Å². The summed E-state index contributed by atoms with van der Waals surface area (Å²) in [6.07, 6.45) is 5.32. The van der Waals surface area contributed by atoms with E-state index in [-0.39, 0.29) is 0 Å². The van der Waals surface area contributed by atoms with Crippen LogP contribution in [0.1, 0.15) is 32.6 Å². The molecular formula is C9H20N4. The first kappa shape index (κ1) is 10.3. The van der Waals surface area contributed by atoms with Crippen LogP contribution in [0.2, 0.25) is 0 Å². The SMILES string of the molecule is CN=C(NN)NCC1(C)CCCC1. The zero-order valence-corrected chi connectivity index (χ0v) is 8.56. The molecular weight excluding hydrogens is 164 g/mol. The maximum atomic E-state index is 5.27. The van der Waals surface area contributed by atoms with Crippen molar-refractivity contribution >= 4 is 5.96 Å². The molecule has 1 fully saturated rings. The van der Waals surface area contributed by atoms with Gasteiger partial charge in [-0.25, -0.2) is 5.84 Å². The van der Waals surface area contributed by atoms with Gasteiger partial charge in [0.25, 0.3) is 0 Å². The zero-order chi connectivity index (χ0) is 9.73. The molecule has 4 N–H and O–H groups in total. The monoisotopic (exact) mass is 184 g/mol. The molecule has 0 saturated heterocycles. The minimum Gasteiger partial charge on any atom is -0.355 e. The predicted molar refractivity (Wildman–Crippen MR) is 55.3 cm³/mol. The lowest BCUT2D eigenvalue weighted by Gasteiger charge is -2.24. The van der Waals surface area contributed by atoms with E-state index in [9.17, 15) is 0 Å². The third-order valence-corrected chi connectivity index (χ3v) is 2.85. The van der Waals surface area contributed by atoms with E-state index in [1.165, 1.54) is 25.7 Å². The molecule has 1 aliphatic carbocycles. The van der Waals surface area contributed by atoms with E-state index >= 15 is 0 Å².